The second-order valence-electron chi connectivity index (χ2n) is 6.14. The maximum Gasteiger partial charge on any atom is 0.212 e. The van der Waals surface area contributed by atoms with Gasteiger partial charge in [0.05, 0.1) is 0 Å². The molecular formula is C15H25N5O. The fourth-order valence-corrected chi connectivity index (χ4v) is 3.32. The Morgan fingerprint density at radius 1 is 1.10 bits per heavy atom. The normalized spacial score (nSPS) is 24.0. The largest absolute Gasteiger partial charge is 0.304 e. The Bertz CT molecular complexity index is 447. The number of likely N-dealkylation sites (N-methyl/N-ethyl adjacent to an activating group) is 1. The molecule has 3 rings (SSSR count). The van der Waals surface area contributed by atoms with Crippen LogP contribution in [0.1, 0.15) is 29.8 Å². The molecule has 0 bridgehead atoms. The van der Waals surface area contributed by atoms with Crippen LogP contribution in [0.2, 0.25) is 0 Å². The number of likely N-dealkylation sites (tertiary alicyclic amines) is 1. The van der Waals surface area contributed by atoms with Crippen molar-refractivity contribution in [1.82, 2.24) is 24.9 Å². The van der Waals surface area contributed by atoms with E-state index >= 15 is 0 Å². The molecule has 2 fully saturated rings. The van der Waals surface area contributed by atoms with Crippen LogP contribution in [0.4, 0.5) is 0 Å². The van der Waals surface area contributed by atoms with Gasteiger partial charge in [0.1, 0.15) is 11.9 Å². The maximum absolute atomic E-state index is 12.9. The summed E-state index contributed by atoms with van der Waals surface area (Å²) in [7, 11) is 2.14. The van der Waals surface area contributed by atoms with E-state index in [-0.39, 0.29) is 11.9 Å². The van der Waals surface area contributed by atoms with Crippen LogP contribution in [0.3, 0.4) is 0 Å². The third kappa shape index (κ3) is 3.33. The highest BCUT2D eigenvalue weighted by atomic mass is 16.1. The van der Waals surface area contributed by atoms with E-state index in [4.69, 9.17) is 0 Å². The molecule has 0 aliphatic carbocycles. The molecule has 3 heterocycles. The summed E-state index contributed by atoms with van der Waals surface area (Å²) in [6.07, 6.45) is 5.20. The number of carbonyl (C=O) groups is 1. The van der Waals surface area contributed by atoms with E-state index in [1.807, 2.05) is 0 Å². The minimum absolute atomic E-state index is 0.126. The molecule has 1 aromatic rings. The Labute approximate surface area is 126 Å². The first kappa shape index (κ1) is 14.7. The van der Waals surface area contributed by atoms with Crippen molar-refractivity contribution in [3.05, 3.63) is 18.0 Å². The van der Waals surface area contributed by atoms with Crippen LogP contribution in [-0.4, -0.2) is 83.2 Å². The van der Waals surface area contributed by atoms with E-state index in [1.165, 1.54) is 19.3 Å². The quantitative estimate of drug-likeness (QED) is 0.826. The summed E-state index contributed by atoms with van der Waals surface area (Å²) in [6.45, 7) is 6.02. The van der Waals surface area contributed by atoms with E-state index < -0.39 is 0 Å². The first-order chi connectivity index (χ1) is 10.3. The predicted octanol–water partition coefficient (Wildman–Crippen LogP) is 0.652. The number of ketones is 1. The van der Waals surface area contributed by atoms with Gasteiger partial charge in [-0.25, -0.2) is 0 Å². The van der Waals surface area contributed by atoms with Gasteiger partial charge in [-0.2, -0.15) is 5.10 Å². The molecule has 2 saturated heterocycles. The molecule has 0 spiro atoms. The summed E-state index contributed by atoms with van der Waals surface area (Å²) in [5, 5.41) is 6.78. The number of carbonyl (C=O) groups excluding carboxylic acids is 1. The molecule has 1 N–H and O–H groups in total. The van der Waals surface area contributed by atoms with Gasteiger partial charge >= 0.3 is 0 Å². The lowest BCUT2D eigenvalue weighted by Gasteiger charge is -2.43. The molecule has 1 unspecified atom stereocenters. The molecule has 0 aromatic carbocycles. The van der Waals surface area contributed by atoms with Gasteiger partial charge in [-0.1, -0.05) is 6.42 Å². The zero-order chi connectivity index (χ0) is 14.7. The Morgan fingerprint density at radius 2 is 1.76 bits per heavy atom. The zero-order valence-electron chi connectivity index (χ0n) is 12.8. The zero-order valence-corrected chi connectivity index (χ0v) is 12.8. The second-order valence-corrected chi connectivity index (χ2v) is 6.14. The number of H-pyrrole nitrogens is 1. The van der Waals surface area contributed by atoms with Crippen molar-refractivity contribution in [3.63, 3.8) is 0 Å². The molecule has 21 heavy (non-hydrogen) atoms. The highest BCUT2D eigenvalue weighted by Crippen LogP contribution is 2.19. The van der Waals surface area contributed by atoms with E-state index in [2.05, 4.69) is 31.9 Å². The summed E-state index contributed by atoms with van der Waals surface area (Å²) < 4.78 is 0. The van der Waals surface area contributed by atoms with Gasteiger partial charge in [0.15, 0.2) is 0 Å². The number of rotatable bonds is 4. The standard InChI is InChI=1S/C15H25N5O/c1-18-9-11-20(12-10-18)15(19-7-3-2-4-8-19)14(21)13-5-6-16-17-13/h5-6,15H,2-4,7-12H2,1H3,(H,16,17). The number of aromatic nitrogens is 2. The number of Topliss-reactive ketones (excluding diaryl/α,β-unsaturated/α-hetero) is 1. The fourth-order valence-electron chi connectivity index (χ4n) is 3.32. The smallest absolute Gasteiger partial charge is 0.212 e. The minimum atomic E-state index is -0.126. The van der Waals surface area contributed by atoms with Crippen LogP contribution < -0.4 is 0 Å². The van der Waals surface area contributed by atoms with Crippen LogP contribution in [0, 0.1) is 0 Å². The van der Waals surface area contributed by atoms with Gasteiger partial charge in [0, 0.05) is 45.5 Å². The Hall–Kier alpha value is -1.24. The third-order valence-corrected chi connectivity index (χ3v) is 4.62. The summed E-state index contributed by atoms with van der Waals surface area (Å²) in [4.78, 5) is 19.9. The van der Waals surface area contributed by atoms with Crippen LogP contribution in [0.5, 0.6) is 0 Å². The minimum Gasteiger partial charge on any atom is -0.304 e. The number of piperazine rings is 1. The first-order valence-corrected chi connectivity index (χ1v) is 7.96. The molecule has 6 nitrogen and oxygen atoms in total. The number of hydrogen-bond acceptors (Lipinski definition) is 5. The molecule has 116 valence electrons. The van der Waals surface area contributed by atoms with Crippen LogP contribution in [0.25, 0.3) is 0 Å². The molecule has 2 aliphatic rings. The lowest BCUT2D eigenvalue weighted by molar-refractivity contribution is 0.00844. The molecule has 0 saturated carbocycles. The van der Waals surface area contributed by atoms with E-state index in [0.29, 0.717) is 5.69 Å². The van der Waals surface area contributed by atoms with Crippen LogP contribution in [-0.2, 0) is 0 Å². The van der Waals surface area contributed by atoms with Crippen molar-refractivity contribution in [1.29, 1.82) is 0 Å². The third-order valence-electron chi connectivity index (χ3n) is 4.62. The van der Waals surface area contributed by atoms with E-state index in [1.54, 1.807) is 12.3 Å². The van der Waals surface area contributed by atoms with Crippen molar-refractivity contribution in [2.45, 2.75) is 25.4 Å². The predicted molar refractivity (Wildman–Crippen MR) is 81.2 cm³/mol. The number of nitrogens with zero attached hydrogens (tertiary/aromatic N) is 4. The molecule has 2 aliphatic heterocycles. The van der Waals surface area contributed by atoms with Gasteiger partial charge < -0.3 is 4.90 Å². The van der Waals surface area contributed by atoms with Gasteiger partial charge in [-0.05, 0) is 26.0 Å². The molecule has 0 radical (unpaired) electrons. The van der Waals surface area contributed by atoms with Gasteiger partial charge in [-0.3, -0.25) is 19.7 Å². The highest BCUT2D eigenvalue weighted by molar-refractivity contribution is 5.98. The van der Waals surface area contributed by atoms with Gasteiger partial charge in [-0.15, -0.1) is 0 Å². The van der Waals surface area contributed by atoms with Crippen molar-refractivity contribution >= 4 is 5.78 Å². The van der Waals surface area contributed by atoms with E-state index in [9.17, 15) is 4.79 Å². The summed E-state index contributed by atoms with van der Waals surface area (Å²) in [5.74, 6) is 0.166. The second kappa shape index (κ2) is 6.68. The summed E-state index contributed by atoms with van der Waals surface area (Å²) in [6, 6.07) is 1.79. The number of hydrogen-bond donors (Lipinski definition) is 1. The first-order valence-electron chi connectivity index (χ1n) is 7.96. The lowest BCUT2D eigenvalue weighted by Crippen LogP contribution is -2.59. The van der Waals surface area contributed by atoms with Gasteiger partial charge in [0.25, 0.3) is 0 Å². The van der Waals surface area contributed by atoms with E-state index in [0.717, 1.165) is 39.3 Å². The average Bonchev–Trinajstić information content (AvgIpc) is 3.05. The van der Waals surface area contributed by atoms with Crippen molar-refractivity contribution in [2.24, 2.45) is 0 Å². The Morgan fingerprint density at radius 3 is 2.38 bits per heavy atom. The Kier molecular flexibility index (Phi) is 4.67. The van der Waals surface area contributed by atoms with Gasteiger partial charge in [0.2, 0.25) is 5.78 Å². The summed E-state index contributed by atoms with van der Waals surface area (Å²) in [5.41, 5.74) is 0.629. The molecule has 0 amide bonds. The molecule has 6 heteroatoms. The topological polar surface area (TPSA) is 55.5 Å². The van der Waals surface area contributed by atoms with Crippen molar-refractivity contribution in [2.75, 3.05) is 46.3 Å². The van der Waals surface area contributed by atoms with Crippen molar-refractivity contribution < 1.29 is 4.79 Å². The average molecular weight is 291 g/mol. The molecule has 1 aromatic heterocycles. The fraction of sp³-hybridized carbons (Fsp3) is 0.733. The molecular weight excluding hydrogens is 266 g/mol. The SMILES string of the molecule is CN1CCN(C(C(=O)c2ccn[nH]2)N2CCCCC2)CC1. The summed E-state index contributed by atoms with van der Waals surface area (Å²) >= 11 is 0. The number of piperidine rings is 1. The van der Waals surface area contributed by atoms with Crippen LogP contribution >= 0.6 is 0 Å². The van der Waals surface area contributed by atoms with Crippen molar-refractivity contribution in [3.8, 4) is 0 Å². The van der Waals surface area contributed by atoms with Crippen LogP contribution in [0.15, 0.2) is 12.3 Å². The Balaban J connectivity index is 1.78. The monoisotopic (exact) mass is 291 g/mol. The lowest BCUT2D eigenvalue weighted by atomic mass is 10.1. The highest BCUT2D eigenvalue weighted by Gasteiger charge is 2.34. The molecule has 1 atom stereocenters. The number of aromatic amines is 1. The number of nitrogens with one attached hydrogen (secondary N) is 1. The maximum atomic E-state index is 12.9.